The third-order valence-corrected chi connectivity index (χ3v) is 0.353. The zero-order chi connectivity index (χ0) is 4.99. The van der Waals surface area contributed by atoms with E-state index in [0.717, 1.165) is 0 Å². The van der Waals surface area contributed by atoms with Gasteiger partial charge in [0.05, 0.1) is 0 Å². The smallest absolute Gasteiger partial charge is 0.105 e. The standard InChI is InChI=1S/C4H9NO/c1-4(6)3-5-2/h3,5-6H,1-2H3. The molecule has 0 radical (unpaired) electrons. The van der Waals surface area contributed by atoms with Crippen molar-refractivity contribution in [3.63, 3.8) is 0 Å². The predicted molar refractivity (Wildman–Crippen MR) is 25.4 cm³/mol. The van der Waals surface area contributed by atoms with Gasteiger partial charge in [-0.25, -0.2) is 0 Å². The Hall–Kier alpha value is -0.660. The highest BCUT2D eigenvalue weighted by Crippen LogP contribution is 1.74. The molecule has 0 heterocycles. The maximum Gasteiger partial charge on any atom is 0.105 e. The fourth-order valence-corrected chi connectivity index (χ4v) is 0.209. The summed E-state index contributed by atoms with van der Waals surface area (Å²) in [4.78, 5) is 0. The Morgan fingerprint density at radius 1 is 1.83 bits per heavy atom. The minimum atomic E-state index is 0.303. The molecule has 0 unspecified atom stereocenters. The molecule has 2 heteroatoms. The van der Waals surface area contributed by atoms with Crippen LogP contribution in [0.1, 0.15) is 6.92 Å². The highest BCUT2D eigenvalue weighted by molar-refractivity contribution is 4.81. The molecule has 2 N–H and O–H groups in total. The Balaban J connectivity index is 3.14. The van der Waals surface area contributed by atoms with Crippen LogP contribution in [0, 0.1) is 0 Å². The maximum atomic E-state index is 8.35. The molecule has 0 aliphatic rings. The van der Waals surface area contributed by atoms with Gasteiger partial charge >= 0.3 is 0 Å². The molecular formula is C4H9NO. The van der Waals surface area contributed by atoms with Crippen molar-refractivity contribution in [2.75, 3.05) is 7.05 Å². The van der Waals surface area contributed by atoms with Crippen LogP contribution in [0.25, 0.3) is 0 Å². The van der Waals surface area contributed by atoms with Crippen LogP contribution in [-0.4, -0.2) is 12.2 Å². The van der Waals surface area contributed by atoms with Crippen molar-refractivity contribution in [1.82, 2.24) is 5.32 Å². The lowest BCUT2D eigenvalue weighted by Gasteiger charge is -1.84. The average molecular weight is 87.1 g/mol. The molecule has 0 bridgehead atoms. The van der Waals surface area contributed by atoms with Gasteiger partial charge in [-0.1, -0.05) is 0 Å². The normalized spacial score (nSPS) is 11.3. The first-order valence-electron chi connectivity index (χ1n) is 1.80. The van der Waals surface area contributed by atoms with Crippen LogP contribution in [0.4, 0.5) is 0 Å². The Kier molecular flexibility index (Phi) is 2.29. The first-order valence-corrected chi connectivity index (χ1v) is 1.80. The third-order valence-electron chi connectivity index (χ3n) is 0.353. The second-order valence-electron chi connectivity index (χ2n) is 1.07. The summed E-state index contributed by atoms with van der Waals surface area (Å²) < 4.78 is 0. The number of aliphatic hydroxyl groups is 1. The number of hydrogen-bond donors (Lipinski definition) is 2. The van der Waals surface area contributed by atoms with Gasteiger partial charge < -0.3 is 10.4 Å². The summed E-state index contributed by atoms with van der Waals surface area (Å²) in [5, 5.41) is 11.0. The van der Waals surface area contributed by atoms with Crippen LogP contribution in [0.5, 0.6) is 0 Å². The van der Waals surface area contributed by atoms with E-state index >= 15 is 0 Å². The highest BCUT2D eigenvalue weighted by atomic mass is 16.3. The fourth-order valence-electron chi connectivity index (χ4n) is 0.209. The molecule has 0 saturated heterocycles. The van der Waals surface area contributed by atoms with E-state index in [1.807, 2.05) is 0 Å². The second-order valence-corrected chi connectivity index (χ2v) is 1.07. The van der Waals surface area contributed by atoms with E-state index < -0.39 is 0 Å². The molecule has 0 fully saturated rings. The van der Waals surface area contributed by atoms with Crippen LogP contribution >= 0.6 is 0 Å². The molecule has 2 nitrogen and oxygen atoms in total. The third kappa shape index (κ3) is 3.34. The van der Waals surface area contributed by atoms with Gasteiger partial charge in [-0.05, 0) is 6.92 Å². The van der Waals surface area contributed by atoms with E-state index in [9.17, 15) is 0 Å². The predicted octanol–water partition coefficient (Wildman–Crippen LogP) is 0.625. The topological polar surface area (TPSA) is 32.3 Å². The van der Waals surface area contributed by atoms with E-state index in [1.54, 1.807) is 14.0 Å². The van der Waals surface area contributed by atoms with Crippen molar-refractivity contribution in [2.45, 2.75) is 6.92 Å². The molecule has 0 atom stereocenters. The SMILES string of the molecule is CNC=C(C)O. The summed E-state index contributed by atoms with van der Waals surface area (Å²) in [6, 6.07) is 0. The maximum absolute atomic E-state index is 8.35. The van der Waals surface area contributed by atoms with E-state index in [4.69, 9.17) is 5.11 Å². The number of rotatable bonds is 1. The van der Waals surface area contributed by atoms with Crippen LogP contribution in [0.2, 0.25) is 0 Å². The van der Waals surface area contributed by atoms with Gasteiger partial charge in [-0.3, -0.25) is 0 Å². The average Bonchev–Trinajstić information content (AvgIpc) is 1.35. The first-order chi connectivity index (χ1) is 2.77. The first kappa shape index (κ1) is 5.34. The molecule has 0 aliphatic heterocycles. The Morgan fingerprint density at radius 2 is 2.33 bits per heavy atom. The van der Waals surface area contributed by atoms with Crippen molar-refractivity contribution < 1.29 is 5.11 Å². The van der Waals surface area contributed by atoms with Crippen LogP contribution < -0.4 is 5.32 Å². The van der Waals surface area contributed by atoms with E-state index in [-0.39, 0.29) is 0 Å². The zero-order valence-corrected chi connectivity index (χ0v) is 4.02. The zero-order valence-electron chi connectivity index (χ0n) is 4.02. The quantitative estimate of drug-likeness (QED) is 0.459. The molecule has 0 aromatic heterocycles. The van der Waals surface area contributed by atoms with Crippen LogP contribution in [0.15, 0.2) is 12.0 Å². The Bertz CT molecular complexity index is 54.6. The van der Waals surface area contributed by atoms with Crippen LogP contribution in [0.3, 0.4) is 0 Å². The second kappa shape index (κ2) is 2.57. The number of nitrogens with one attached hydrogen (secondary N) is 1. The molecule has 0 saturated carbocycles. The van der Waals surface area contributed by atoms with Crippen molar-refractivity contribution in [3.8, 4) is 0 Å². The van der Waals surface area contributed by atoms with E-state index in [2.05, 4.69) is 5.32 Å². The molecule has 0 aromatic rings. The minimum absolute atomic E-state index is 0.303. The minimum Gasteiger partial charge on any atom is -0.511 e. The van der Waals surface area contributed by atoms with E-state index in [0.29, 0.717) is 5.76 Å². The molecule has 6 heavy (non-hydrogen) atoms. The number of hydrogen-bond acceptors (Lipinski definition) is 2. The Labute approximate surface area is 37.5 Å². The van der Waals surface area contributed by atoms with E-state index in [1.165, 1.54) is 6.20 Å². The summed E-state index contributed by atoms with van der Waals surface area (Å²) in [6.07, 6.45) is 1.51. The van der Waals surface area contributed by atoms with Gasteiger partial charge in [0.1, 0.15) is 5.76 Å². The van der Waals surface area contributed by atoms with Crippen molar-refractivity contribution in [3.05, 3.63) is 12.0 Å². The van der Waals surface area contributed by atoms with Crippen molar-refractivity contribution in [2.24, 2.45) is 0 Å². The van der Waals surface area contributed by atoms with Gasteiger partial charge in [-0.2, -0.15) is 0 Å². The molecule has 0 aliphatic carbocycles. The number of aliphatic hydroxyl groups excluding tert-OH is 1. The summed E-state index contributed by atoms with van der Waals surface area (Å²) in [5.41, 5.74) is 0. The highest BCUT2D eigenvalue weighted by Gasteiger charge is 1.68. The van der Waals surface area contributed by atoms with Gasteiger partial charge in [0.15, 0.2) is 0 Å². The molecule has 0 spiro atoms. The van der Waals surface area contributed by atoms with Gasteiger partial charge in [0.2, 0.25) is 0 Å². The van der Waals surface area contributed by atoms with Gasteiger partial charge in [0.25, 0.3) is 0 Å². The summed E-state index contributed by atoms with van der Waals surface area (Å²) >= 11 is 0. The summed E-state index contributed by atoms with van der Waals surface area (Å²) in [6.45, 7) is 1.61. The molecule has 0 rings (SSSR count). The largest absolute Gasteiger partial charge is 0.511 e. The lowest BCUT2D eigenvalue weighted by atomic mass is 10.6. The molecule has 0 aromatic carbocycles. The fraction of sp³-hybridized carbons (Fsp3) is 0.500. The summed E-state index contributed by atoms with van der Waals surface area (Å²) in [5.74, 6) is 0.303. The van der Waals surface area contributed by atoms with Crippen LogP contribution in [-0.2, 0) is 0 Å². The van der Waals surface area contributed by atoms with Gasteiger partial charge in [0, 0.05) is 13.2 Å². The molecular weight excluding hydrogens is 78.0 g/mol. The number of allylic oxidation sites excluding steroid dienone is 1. The van der Waals surface area contributed by atoms with Gasteiger partial charge in [-0.15, -0.1) is 0 Å². The molecule has 36 valence electrons. The molecule has 0 amide bonds. The lowest BCUT2D eigenvalue weighted by Crippen LogP contribution is -1.92. The van der Waals surface area contributed by atoms with Crippen molar-refractivity contribution >= 4 is 0 Å². The lowest BCUT2D eigenvalue weighted by molar-refractivity contribution is 0.410. The monoisotopic (exact) mass is 87.1 g/mol. The Morgan fingerprint density at radius 3 is 2.33 bits per heavy atom. The summed E-state index contributed by atoms with van der Waals surface area (Å²) in [7, 11) is 1.74. The van der Waals surface area contributed by atoms with Crippen molar-refractivity contribution in [1.29, 1.82) is 0 Å².